The van der Waals surface area contributed by atoms with Gasteiger partial charge in [-0.1, -0.05) is 26.8 Å². The molecule has 1 atom stereocenters. The molecule has 22 heavy (non-hydrogen) atoms. The lowest BCUT2D eigenvalue weighted by Crippen LogP contribution is -2.20. The third-order valence-corrected chi connectivity index (χ3v) is 3.15. The van der Waals surface area contributed by atoms with Crippen LogP contribution in [0, 0.1) is 16.7 Å². The van der Waals surface area contributed by atoms with Gasteiger partial charge in [0, 0.05) is 12.4 Å². The normalized spacial score (nSPS) is 12.5. The standard InChI is InChI=1S/C16H20N6/c1-16(2,3)7-13(11-5-4-6-19-9-11)21-15-20-10-12(8-17)14(18)22-15/h4-6,9-10,13H,7H2,1-3H3,(H3,18,20,21,22). The zero-order valence-electron chi connectivity index (χ0n) is 13.0. The van der Waals surface area contributed by atoms with Crippen molar-refractivity contribution in [1.29, 1.82) is 5.26 Å². The predicted molar refractivity (Wildman–Crippen MR) is 85.8 cm³/mol. The molecule has 0 aliphatic heterocycles. The number of nitrogen functional groups attached to an aromatic ring is 1. The summed E-state index contributed by atoms with van der Waals surface area (Å²) >= 11 is 0. The lowest BCUT2D eigenvalue weighted by molar-refractivity contribution is 0.351. The van der Waals surface area contributed by atoms with Crippen LogP contribution >= 0.6 is 0 Å². The Kier molecular flexibility index (Phi) is 4.56. The van der Waals surface area contributed by atoms with Crippen LogP contribution in [0.25, 0.3) is 0 Å². The molecule has 0 fully saturated rings. The van der Waals surface area contributed by atoms with Gasteiger partial charge in [0.1, 0.15) is 17.5 Å². The second-order valence-electron chi connectivity index (χ2n) is 6.35. The van der Waals surface area contributed by atoms with Crippen molar-refractivity contribution in [3.63, 3.8) is 0 Å². The Morgan fingerprint density at radius 2 is 2.14 bits per heavy atom. The molecule has 0 aromatic carbocycles. The smallest absolute Gasteiger partial charge is 0.225 e. The molecule has 0 aliphatic carbocycles. The highest BCUT2D eigenvalue weighted by Crippen LogP contribution is 2.31. The van der Waals surface area contributed by atoms with E-state index in [4.69, 9.17) is 11.0 Å². The minimum Gasteiger partial charge on any atom is -0.382 e. The van der Waals surface area contributed by atoms with Gasteiger partial charge in [0.05, 0.1) is 12.2 Å². The summed E-state index contributed by atoms with van der Waals surface area (Å²) in [6, 6.07) is 5.89. The fourth-order valence-electron chi connectivity index (χ4n) is 2.15. The fraction of sp³-hybridized carbons (Fsp3) is 0.375. The summed E-state index contributed by atoms with van der Waals surface area (Å²) in [5, 5.41) is 12.2. The number of anilines is 2. The van der Waals surface area contributed by atoms with Crippen molar-refractivity contribution in [3.05, 3.63) is 41.9 Å². The monoisotopic (exact) mass is 296 g/mol. The van der Waals surface area contributed by atoms with E-state index in [9.17, 15) is 0 Å². The number of hydrogen-bond acceptors (Lipinski definition) is 6. The number of hydrogen-bond donors (Lipinski definition) is 2. The number of nitrogens with two attached hydrogens (primary N) is 1. The van der Waals surface area contributed by atoms with E-state index in [0.717, 1.165) is 12.0 Å². The van der Waals surface area contributed by atoms with E-state index < -0.39 is 0 Å². The Balaban J connectivity index is 2.27. The molecule has 2 rings (SSSR count). The molecule has 0 amide bonds. The maximum Gasteiger partial charge on any atom is 0.225 e. The SMILES string of the molecule is CC(C)(C)CC(Nc1ncc(C#N)c(N)n1)c1cccnc1. The Hall–Kier alpha value is -2.68. The quantitative estimate of drug-likeness (QED) is 0.899. The molecule has 1 unspecified atom stereocenters. The third kappa shape index (κ3) is 4.16. The summed E-state index contributed by atoms with van der Waals surface area (Å²) in [4.78, 5) is 12.5. The molecule has 0 saturated carbocycles. The van der Waals surface area contributed by atoms with Gasteiger partial charge in [-0.05, 0) is 23.5 Å². The van der Waals surface area contributed by atoms with Gasteiger partial charge in [0.15, 0.2) is 0 Å². The molecule has 2 aromatic heterocycles. The lowest BCUT2D eigenvalue weighted by Gasteiger charge is -2.27. The first kappa shape index (κ1) is 15.7. The number of aromatic nitrogens is 3. The van der Waals surface area contributed by atoms with Crippen molar-refractivity contribution in [2.24, 2.45) is 5.41 Å². The van der Waals surface area contributed by atoms with Crippen LogP contribution in [0.1, 0.15) is 44.4 Å². The van der Waals surface area contributed by atoms with E-state index in [2.05, 4.69) is 41.0 Å². The number of pyridine rings is 1. The van der Waals surface area contributed by atoms with Crippen LogP contribution in [-0.4, -0.2) is 15.0 Å². The highest BCUT2D eigenvalue weighted by atomic mass is 15.1. The second kappa shape index (κ2) is 6.39. The summed E-state index contributed by atoms with van der Waals surface area (Å²) in [5.41, 5.74) is 7.20. The van der Waals surface area contributed by atoms with Crippen LogP contribution in [0.15, 0.2) is 30.7 Å². The highest BCUT2D eigenvalue weighted by Gasteiger charge is 2.21. The maximum absolute atomic E-state index is 8.88. The first-order chi connectivity index (χ1) is 10.4. The van der Waals surface area contributed by atoms with Gasteiger partial charge in [-0.2, -0.15) is 10.2 Å². The first-order valence-electron chi connectivity index (χ1n) is 7.08. The fourth-order valence-corrected chi connectivity index (χ4v) is 2.15. The Bertz CT molecular complexity index is 669. The molecule has 6 heteroatoms. The summed E-state index contributed by atoms with van der Waals surface area (Å²) in [6.45, 7) is 6.52. The number of nitriles is 1. The molecule has 114 valence electrons. The molecule has 0 bridgehead atoms. The van der Waals surface area contributed by atoms with E-state index in [1.54, 1.807) is 6.20 Å². The predicted octanol–water partition coefficient (Wildman–Crippen LogP) is 2.91. The van der Waals surface area contributed by atoms with Crippen LogP contribution in [0.4, 0.5) is 11.8 Å². The van der Waals surface area contributed by atoms with Crippen molar-refractivity contribution in [2.75, 3.05) is 11.1 Å². The van der Waals surface area contributed by atoms with Gasteiger partial charge in [-0.3, -0.25) is 4.98 Å². The van der Waals surface area contributed by atoms with Crippen LogP contribution in [0.2, 0.25) is 0 Å². The van der Waals surface area contributed by atoms with Gasteiger partial charge >= 0.3 is 0 Å². The molecule has 0 saturated heterocycles. The van der Waals surface area contributed by atoms with E-state index >= 15 is 0 Å². The summed E-state index contributed by atoms with van der Waals surface area (Å²) in [7, 11) is 0. The number of nitrogens with zero attached hydrogens (tertiary/aromatic N) is 4. The molecule has 0 aliphatic rings. The Morgan fingerprint density at radius 1 is 1.36 bits per heavy atom. The van der Waals surface area contributed by atoms with Gasteiger partial charge in [-0.25, -0.2) is 4.98 Å². The number of nitrogens with one attached hydrogen (secondary N) is 1. The maximum atomic E-state index is 8.88. The molecule has 2 aromatic rings. The highest BCUT2D eigenvalue weighted by molar-refractivity contribution is 5.50. The van der Waals surface area contributed by atoms with Crippen molar-refractivity contribution in [1.82, 2.24) is 15.0 Å². The van der Waals surface area contributed by atoms with Crippen molar-refractivity contribution >= 4 is 11.8 Å². The van der Waals surface area contributed by atoms with E-state index in [-0.39, 0.29) is 22.8 Å². The Labute approximate surface area is 130 Å². The van der Waals surface area contributed by atoms with Crippen LogP contribution in [0.5, 0.6) is 0 Å². The minimum absolute atomic E-state index is 0.0148. The van der Waals surface area contributed by atoms with Crippen molar-refractivity contribution in [2.45, 2.75) is 33.2 Å². The molecule has 0 spiro atoms. The van der Waals surface area contributed by atoms with Crippen LogP contribution in [-0.2, 0) is 0 Å². The van der Waals surface area contributed by atoms with E-state index in [1.165, 1.54) is 6.20 Å². The first-order valence-corrected chi connectivity index (χ1v) is 7.08. The van der Waals surface area contributed by atoms with Crippen molar-refractivity contribution in [3.8, 4) is 6.07 Å². The van der Waals surface area contributed by atoms with Gasteiger partial charge in [-0.15, -0.1) is 0 Å². The largest absolute Gasteiger partial charge is 0.382 e. The summed E-state index contributed by atoms with van der Waals surface area (Å²) < 4.78 is 0. The van der Waals surface area contributed by atoms with Gasteiger partial charge < -0.3 is 11.1 Å². The molecular formula is C16H20N6. The summed E-state index contributed by atoms with van der Waals surface area (Å²) in [5.74, 6) is 0.593. The van der Waals surface area contributed by atoms with Crippen LogP contribution < -0.4 is 11.1 Å². The minimum atomic E-state index is 0.0148. The van der Waals surface area contributed by atoms with E-state index in [1.807, 2.05) is 24.4 Å². The Morgan fingerprint density at radius 3 is 2.68 bits per heavy atom. The number of rotatable bonds is 4. The average molecular weight is 296 g/mol. The molecule has 3 N–H and O–H groups in total. The summed E-state index contributed by atoms with van der Waals surface area (Å²) in [6.07, 6.45) is 5.88. The lowest BCUT2D eigenvalue weighted by atomic mass is 9.86. The van der Waals surface area contributed by atoms with Crippen LogP contribution in [0.3, 0.4) is 0 Å². The topological polar surface area (TPSA) is 101 Å². The van der Waals surface area contributed by atoms with Crippen molar-refractivity contribution < 1.29 is 0 Å². The van der Waals surface area contributed by atoms with Gasteiger partial charge in [0.25, 0.3) is 0 Å². The molecule has 2 heterocycles. The van der Waals surface area contributed by atoms with E-state index in [0.29, 0.717) is 5.95 Å². The average Bonchev–Trinajstić information content (AvgIpc) is 2.46. The van der Waals surface area contributed by atoms with Gasteiger partial charge in [0.2, 0.25) is 5.95 Å². The zero-order chi connectivity index (χ0) is 16.2. The zero-order valence-corrected chi connectivity index (χ0v) is 13.0. The second-order valence-corrected chi connectivity index (χ2v) is 6.35. The molecule has 6 nitrogen and oxygen atoms in total. The third-order valence-electron chi connectivity index (χ3n) is 3.15. The molecular weight excluding hydrogens is 276 g/mol. The molecule has 0 radical (unpaired) electrons.